The SMILES string of the molecule is COC(=O)C[C@@H](NC(=O)C1CC1)c1ccc(F)cc1. The molecule has 1 aromatic rings. The van der Waals surface area contributed by atoms with Gasteiger partial charge in [0.1, 0.15) is 5.82 Å². The monoisotopic (exact) mass is 265 g/mol. The van der Waals surface area contributed by atoms with E-state index >= 15 is 0 Å². The minimum Gasteiger partial charge on any atom is -0.469 e. The Hall–Kier alpha value is -1.91. The molecule has 0 heterocycles. The molecule has 1 fully saturated rings. The minimum absolute atomic E-state index is 0.0423. The third-order valence-corrected chi connectivity index (χ3v) is 3.14. The predicted molar refractivity (Wildman–Crippen MR) is 66.6 cm³/mol. The van der Waals surface area contributed by atoms with Crippen molar-refractivity contribution in [3.05, 3.63) is 35.6 Å². The fourth-order valence-corrected chi connectivity index (χ4v) is 1.83. The summed E-state index contributed by atoms with van der Waals surface area (Å²) in [6.07, 6.45) is 1.82. The molecular formula is C14H16FNO3. The number of hydrogen-bond acceptors (Lipinski definition) is 3. The molecule has 1 aliphatic rings. The molecule has 1 aromatic carbocycles. The molecule has 1 N–H and O–H groups in total. The van der Waals surface area contributed by atoms with E-state index in [1.165, 1.54) is 19.2 Å². The molecule has 0 radical (unpaired) electrons. The molecule has 4 nitrogen and oxygen atoms in total. The Labute approximate surface area is 110 Å². The van der Waals surface area contributed by atoms with Crippen LogP contribution in [-0.4, -0.2) is 19.0 Å². The molecule has 2 rings (SSSR count). The first-order valence-electron chi connectivity index (χ1n) is 6.23. The lowest BCUT2D eigenvalue weighted by Gasteiger charge is -2.18. The van der Waals surface area contributed by atoms with E-state index in [0.29, 0.717) is 5.56 Å². The summed E-state index contributed by atoms with van der Waals surface area (Å²) in [5, 5.41) is 2.82. The molecule has 19 heavy (non-hydrogen) atoms. The number of amides is 1. The number of methoxy groups -OCH3 is 1. The maximum absolute atomic E-state index is 12.9. The van der Waals surface area contributed by atoms with E-state index in [1.54, 1.807) is 12.1 Å². The van der Waals surface area contributed by atoms with Crippen LogP contribution in [0.15, 0.2) is 24.3 Å². The molecule has 0 spiro atoms. The number of hydrogen-bond donors (Lipinski definition) is 1. The van der Waals surface area contributed by atoms with Crippen LogP contribution in [0.1, 0.15) is 30.9 Å². The normalized spacial score (nSPS) is 15.7. The third kappa shape index (κ3) is 3.77. The summed E-state index contributed by atoms with van der Waals surface area (Å²) in [5.74, 6) is -0.765. The zero-order valence-corrected chi connectivity index (χ0v) is 10.7. The van der Waals surface area contributed by atoms with Crippen molar-refractivity contribution < 1.29 is 18.7 Å². The minimum atomic E-state index is -0.471. The van der Waals surface area contributed by atoms with Gasteiger partial charge in [0.15, 0.2) is 0 Å². The molecule has 1 atom stereocenters. The Bertz CT molecular complexity index is 468. The predicted octanol–water partition coefficient (Wildman–Crippen LogP) is 1.96. The molecule has 1 aliphatic carbocycles. The fourth-order valence-electron chi connectivity index (χ4n) is 1.83. The van der Waals surface area contributed by atoms with Gasteiger partial charge in [-0.15, -0.1) is 0 Å². The molecule has 1 saturated carbocycles. The quantitative estimate of drug-likeness (QED) is 0.828. The van der Waals surface area contributed by atoms with Gasteiger partial charge in [-0.05, 0) is 30.5 Å². The van der Waals surface area contributed by atoms with Gasteiger partial charge in [-0.3, -0.25) is 9.59 Å². The zero-order valence-electron chi connectivity index (χ0n) is 10.7. The third-order valence-electron chi connectivity index (χ3n) is 3.14. The van der Waals surface area contributed by atoms with E-state index in [2.05, 4.69) is 10.1 Å². The van der Waals surface area contributed by atoms with E-state index < -0.39 is 12.0 Å². The highest BCUT2D eigenvalue weighted by atomic mass is 19.1. The van der Waals surface area contributed by atoms with Crippen molar-refractivity contribution in [3.63, 3.8) is 0 Å². The van der Waals surface area contributed by atoms with Gasteiger partial charge in [0.25, 0.3) is 0 Å². The van der Waals surface area contributed by atoms with Gasteiger partial charge in [-0.1, -0.05) is 12.1 Å². The van der Waals surface area contributed by atoms with Crippen molar-refractivity contribution >= 4 is 11.9 Å². The Morgan fingerprint density at radius 2 is 2.00 bits per heavy atom. The second-order valence-corrected chi connectivity index (χ2v) is 4.67. The lowest BCUT2D eigenvalue weighted by molar-refractivity contribution is -0.141. The van der Waals surface area contributed by atoms with Crippen LogP contribution < -0.4 is 5.32 Å². The molecule has 0 aliphatic heterocycles. The number of esters is 1. The average Bonchev–Trinajstić information content (AvgIpc) is 3.23. The van der Waals surface area contributed by atoms with Crippen LogP contribution in [0.25, 0.3) is 0 Å². The number of halogens is 1. The van der Waals surface area contributed by atoms with E-state index in [9.17, 15) is 14.0 Å². The van der Waals surface area contributed by atoms with Crippen molar-refractivity contribution in [1.29, 1.82) is 0 Å². The Kier molecular flexibility index (Phi) is 4.14. The highest BCUT2D eigenvalue weighted by Gasteiger charge is 2.31. The summed E-state index contributed by atoms with van der Waals surface area (Å²) in [6, 6.07) is 5.28. The maximum Gasteiger partial charge on any atom is 0.307 e. The topological polar surface area (TPSA) is 55.4 Å². The van der Waals surface area contributed by atoms with Crippen LogP contribution in [0, 0.1) is 11.7 Å². The first-order valence-corrected chi connectivity index (χ1v) is 6.23. The van der Waals surface area contributed by atoms with Crippen LogP contribution in [0.3, 0.4) is 0 Å². The number of rotatable bonds is 5. The molecule has 5 heteroatoms. The zero-order chi connectivity index (χ0) is 13.8. The molecule has 1 amide bonds. The summed E-state index contributed by atoms with van der Waals surface area (Å²) >= 11 is 0. The van der Waals surface area contributed by atoms with Crippen LogP contribution in [0.5, 0.6) is 0 Å². The molecular weight excluding hydrogens is 249 g/mol. The molecule has 0 unspecified atom stereocenters. The summed E-state index contributed by atoms with van der Waals surface area (Å²) in [7, 11) is 1.30. The standard InChI is InChI=1S/C14H16FNO3/c1-19-13(17)8-12(16-14(18)10-2-3-10)9-4-6-11(15)7-5-9/h4-7,10,12H,2-3,8H2,1H3,(H,16,18)/t12-/m1/s1. The van der Waals surface area contributed by atoms with E-state index in [-0.39, 0.29) is 24.1 Å². The lowest BCUT2D eigenvalue weighted by Crippen LogP contribution is -2.31. The lowest BCUT2D eigenvalue weighted by atomic mass is 10.0. The molecule has 0 aromatic heterocycles. The van der Waals surface area contributed by atoms with Gasteiger partial charge in [-0.25, -0.2) is 4.39 Å². The van der Waals surface area contributed by atoms with Crippen molar-refractivity contribution in [1.82, 2.24) is 5.32 Å². The number of benzene rings is 1. The van der Waals surface area contributed by atoms with Gasteiger partial charge in [0.2, 0.25) is 5.91 Å². The van der Waals surface area contributed by atoms with Gasteiger partial charge in [0, 0.05) is 5.92 Å². The van der Waals surface area contributed by atoms with Crippen molar-refractivity contribution in [3.8, 4) is 0 Å². The Morgan fingerprint density at radius 3 is 2.53 bits per heavy atom. The van der Waals surface area contributed by atoms with E-state index in [0.717, 1.165) is 12.8 Å². The van der Waals surface area contributed by atoms with Gasteiger partial charge in [0.05, 0.1) is 19.6 Å². The van der Waals surface area contributed by atoms with Crippen molar-refractivity contribution in [2.24, 2.45) is 5.92 Å². The van der Waals surface area contributed by atoms with Gasteiger partial charge < -0.3 is 10.1 Å². The maximum atomic E-state index is 12.9. The summed E-state index contributed by atoms with van der Waals surface area (Å²) < 4.78 is 17.5. The highest BCUT2D eigenvalue weighted by molar-refractivity contribution is 5.82. The second-order valence-electron chi connectivity index (χ2n) is 4.67. The van der Waals surface area contributed by atoms with Crippen molar-refractivity contribution in [2.45, 2.75) is 25.3 Å². The van der Waals surface area contributed by atoms with Gasteiger partial charge in [-0.2, -0.15) is 0 Å². The molecule has 0 saturated heterocycles. The Morgan fingerprint density at radius 1 is 1.37 bits per heavy atom. The smallest absolute Gasteiger partial charge is 0.307 e. The first kappa shape index (κ1) is 13.5. The molecule has 102 valence electrons. The number of ether oxygens (including phenoxy) is 1. The largest absolute Gasteiger partial charge is 0.469 e. The second kappa shape index (κ2) is 5.82. The van der Waals surface area contributed by atoms with Crippen LogP contribution in [0.2, 0.25) is 0 Å². The van der Waals surface area contributed by atoms with E-state index in [1.807, 2.05) is 0 Å². The average molecular weight is 265 g/mol. The van der Waals surface area contributed by atoms with Crippen LogP contribution in [-0.2, 0) is 14.3 Å². The summed E-state index contributed by atoms with van der Waals surface area (Å²) in [5.41, 5.74) is 0.695. The number of nitrogens with one attached hydrogen (secondary N) is 1. The highest BCUT2D eigenvalue weighted by Crippen LogP contribution is 2.30. The van der Waals surface area contributed by atoms with E-state index in [4.69, 9.17) is 0 Å². The Balaban J connectivity index is 2.09. The summed E-state index contributed by atoms with van der Waals surface area (Å²) in [6.45, 7) is 0. The van der Waals surface area contributed by atoms with Gasteiger partial charge >= 0.3 is 5.97 Å². The van der Waals surface area contributed by atoms with Crippen LogP contribution >= 0.6 is 0 Å². The van der Waals surface area contributed by atoms with Crippen molar-refractivity contribution in [2.75, 3.05) is 7.11 Å². The number of carbonyl (C=O) groups excluding carboxylic acids is 2. The fraction of sp³-hybridized carbons (Fsp3) is 0.429. The molecule has 0 bridgehead atoms. The number of carbonyl (C=O) groups is 2. The van der Waals surface area contributed by atoms with Crippen LogP contribution in [0.4, 0.5) is 4.39 Å². The summed E-state index contributed by atoms with van der Waals surface area (Å²) in [4.78, 5) is 23.2. The first-order chi connectivity index (χ1) is 9.10.